The second-order valence-corrected chi connectivity index (χ2v) is 8.05. The fourth-order valence-corrected chi connectivity index (χ4v) is 3.93. The average molecular weight is 471 g/mol. The predicted octanol–water partition coefficient (Wildman–Crippen LogP) is 3.78. The fourth-order valence-electron chi connectivity index (χ4n) is 3.44. The van der Waals surface area contributed by atoms with Gasteiger partial charge in [-0.3, -0.25) is 14.6 Å². The van der Waals surface area contributed by atoms with Crippen LogP contribution in [-0.4, -0.2) is 57.8 Å². The summed E-state index contributed by atoms with van der Waals surface area (Å²) in [6.45, 7) is 2.61. The van der Waals surface area contributed by atoms with E-state index >= 15 is 0 Å². The molecule has 2 amide bonds. The van der Waals surface area contributed by atoms with Crippen LogP contribution >= 0.6 is 23.2 Å². The summed E-state index contributed by atoms with van der Waals surface area (Å²) in [5.41, 5.74) is 1.24. The van der Waals surface area contributed by atoms with Gasteiger partial charge in [0.2, 0.25) is 0 Å². The van der Waals surface area contributed by atoms with E-state index in [1.54, 1.807) is 35.5 Å². The topological polar surface area (TPSA) is 91.3 Å². The molecule has 3 aromatic rings. The molecule has 164 valence electrons. The minimum atomic E-state index is -0.339. The lowest BCUT2D eigenvalue weighted by Crippen LogP contribution is -2.35. The molecule has 3 heterocycles. The smallest absolute Gasteiger partial charge is 0.274 e. The van der Waals surface area contributed by atoms with E-state index in [1.165, 1.54) is 18.5 Å². The molecule has 1 aliphatic rings. The first-order valence-electron chi connectivity index (χ1n) is 10.0. The number of hydrogen-bond donors (Lipinski definition) is 1. The van der Waals surface area contributed by atoms with Crippen molar-refractivity contribution in [3.8, 4) is 0 Å². The zero-order valence-electron chi connectivity index (χ0n) is 17.0. The number of amides is 2. The fraction of sp³-hybridized carbons (Fsp3) is 0.227. The molecule has 2 aromatic heterocycles. The van der Waals surface area contributed by atoms with Crippen LogP contribution in [0.5, 0.6) is 0 Å². The molecule has 0 bridgehead atoms. The molecule has 0 atom stereocenters. The molecule has 4 rings (SSSR count). The molecular weight excluding hydrogens is 451 g/mol. The number of benzene rings is 1. The Labute approximate surface area is 195 Å². The van der Waals surface area contributed by atoms with E-state index in [1.807, 2.05) is 6.07 Å². The van der Waals surface area contributed by atoms with E-state index in [-0.39, 0.29) is 16.8 Å². The van der Waals surface area contributed by atoms with E-state index in [9.17, 15) is 9.59 Å². The summed E-state index contributed by atoms with van der Waals surface area (Å²) in [6, 6.07) is 8.35. The summed E-state index contributed by atoms with van der Waals surface area (Å²) in [6.07, 6.45) is 6.95. The van der Waals surface area contributed by atoms with Crippen LogP contribution in [0.15, 0.2) is 55.1 Å². The minimum absolute atomic E-state index is 0.119. The van der Waals surface area contributed by atoms with Crippen molar-refractivity contribution in [1.29, 1.82) is 0 Å². The van der Waals surface area contributed by atoms with Crippen molar-refractivity contribution >= 4 is 46.5 Å². The van der Waals surface area contributed by atoms with Crippen LogP contribution in [0.3, 0.4) is 0 Å². The SMILES string of the molecule is O=C(Nc1ccc(N2CCCN(C(=O)c3cnccn3)CC2)nc1)c1ccc(Cl)cc1Cl. The summed E-state index contributed by atoms with van der Waals surface area (Å²) in [7, 11) is 0. The van der Waals surface area contributed by atoms with E-state index in [0.717, 1.165) is 18.8 Å². The standard InChI is InChI=1S/C22H20Cl2N6O2/c23-15-2-4-17(18(24)12-15)21(31)28-16-3-5-20(27-13-16)29-8-1-9-30(11-10-29)22(32)19-14-25-6-7-26-19/h2-7,12-14H,1,8-11H2,(H,28,31). The van der Waals surface area contributed by atoms with Gasteiger partial charge >= 0.3 is 0 Å². The van der Waals surface area contributed by atoms with Crippen molar-refractivity contribution < 1.29 is 9.59 Å². The molecule has 0 unspecified atom stereocenters. The third-order valence-electron chi connectivity index (χ3n) is 5.07. The molecule has 0 radical (unpaired) electrons. The van der Waals surface area contributed by atoms with E-state index in [4.69, 9.17) is 23.2 Å². The van der Waals surface area contributed by atoms with E-state index < -0.39 is 0 Å². The van der Waals surface area contributed by atoms with Crippen molar-refractivity contribution in [2.45, 2.75) is 6.42 Å². The number of carbonyl (C=O) groups excluding carboxylic acids is 2. The van der Waals surface area contributed by atoms with Crippen LogP contribution in [0, 0.1) is 0 Å². The van der Waals surface area contributed by atoms with Crippen LogP contribution < -0.4 is 10.2 Å². The zero-order valence-corrected chi connectivity index (χ0v) is 18.6. The molecule has 10 heteroatoms. The minimum Gasteiger partial charge on any atom is -0.355 e. The van der Waals surface area contributed by atoms with Crippen LogP contribution in [0.2, 0.25) is 10.0 Å². The lowest BCUT2D eigenvalue weighted by atomic mass is 10.2. The molecule has 1 saturated heterocycles. The van der Waals surface area contributed by atoms with Gasteiger partial charge in [0, 0.05) is 43.6 Å². The first kappa shape index (κ1) is 22.0. The Morgan fingerprint density at radius 1 is 0.938 bits per heavy atom. The number of pyridine rings is 1. The second kappa shape index (κ2) is 9.93. The number of rotatable bonds is 4. The zero-order chi connectivity index (χ0) is 22.5. The Hall–Kier alpha value is -3.23. The Balaban J connectivity index is 1.37. The monoisotopic (exact) mass is 470 g/mol. The van der Waals surface area contributed by atoms with Gasteiger partial charge < -0.3 is 15.1 Å². The van der Waals surface area contributed by atoms with Gasteiger partial charge in [-0.2, -0.15) is 0 Å². The highest BCUT2D eigenvalue weighted by Crippen LogP contribution is 2.23. The van der Waals surface area contributed by atoms with Crippen LogP contribution in [0.1, 0.15) is 27.3 Å². The van der Waals surface area contributed by atoms with Crippen LogP contribution in [-0.2, 0) is 0 Å². The first-order valence-corrected chi connectivity index (χ1v) is 10.8. The average Bonchev–Trinajstić information content (AvgIpc) is 3.06. The quantitative estimate of drug-likeness (QED) is 0.623. The van der Waals surface area contributed by atoms with Crippen molar-refractivity contribution in [3.05, 3.63) is 76.4 Å². The largest absolute Gasteiger partial charge is 0.355 e. The normalized spacial score (nSPS) is 14.1. The summed E-state index contributed by atoms with van der Waals surface area (Å²) >= 11 is 12.0. The van der Waals surface area contributed by atoms with Gasteiger partial charge in [0.25, 0.3) is 11.8 Å². The third kappa shape index (κ3) is 5.15. The summed E-state index contributed by atoms with van der Waals surface area (Å²) in [5, 5.41) is 3.53. The second-order valence-electron chi connectivity index (χ2n) is 7.21. The molecule has 0 saturated carbocycles. The molecule has 1 fully saturated rings. The Morgan fingerprint density at radius 2 is 1.81 bits per heavy atom. The molecule has 32 heavy (non-hydrogen) atoms. The lowest BCUT2D eigenvalue weighted by molar-refractivity contribution is 0.0760. The van der Waals surface area contributed by atoms with Gasteiger partial charge in [-0.05, 0) is 36.8 Å². The third-order valence-corrected chi connectivity index (χ3v) is 5.62. The predicted molar refractivity (Wildman–Crippen MR) is 123 cm³/mol. The molecule has 1 aromatic carbocycles. The first-order chi connectivity index (χ1) is 15.5. The van der Waals surface area contributed by atoms with Crippen molar-refractivity contribution in [2.75, 3.05) is 36.4 Å². The number of anilines is 2. The van der Waals surface area contributed by atoms with Crippen molar-refractivity contribution in [3.63, 3.8) is 0 Å². The van der Waals surface area contributed by atoms with Gasteiger partial charge in [0.05, 0.1) is 28.7 Å². The van der Waals surface area contributed by atoms with Crippen molar-refractivity contribution in [2.24, 2.45) is 0 Å². The maximum absolute atomic E-state index is 12.6. The summed E-state index contributed by atoms with van der Waals surface area (Å²) in [5.74, 6) is 0.322. The Morgan fingerprint density at radius 3 is 2.53 bits per heavy atom. The van der Waals surface area contributed by atoms with Gasteiger partial charge in [-0.1, -0.05) is 23.2 Å². The van der Waals surface area contributed by atoms with Gasteiger partial charge in [0.1, 0.15) is 11.5 Å². The summed E-state index contributed by atoms with van der Waals surface area (Å²) in [4.78, 5) is 41.6. The highest BCUT2D eigenvalue weighted by Gasteiger charge is 2.22. The maximum Gasteiger partial charge on any atom is 0.274 e. The number of nitrogens with zero attached hydrogens (tertiary/aromatic N) is 5. The van der Waals surface area contributed by atoms with Gasteiger partial charge in [-0.15, -0.1) is 0 Å². The molecular formula is C22H20Cl2N6O2. The number of nitrogens with one attached hydrogen (secondary N) is 1. The van der Waals surface area contributed by atoms with Crippen molar-refractivity contribution in [1.82, 2.24) is 19.9 Å². The molecule has 1 N–H and O–H groups in total. The maximum atomic E-state index is 12.6. The van der Waals surface area contributed by atoms with Crippen LogP contribution in [0.4, 0.5) is 11.5 Å². The number of hydrogen-bond acceptors (Lipinski definition) is 6. The lowest BCUT2D eigenvalue weighted by Gasteiger charge is -2.22. The Bertz CT molecular complexity index is 1110. The highest BCUT2D eigenvalue weighted by molar-refractivity contribution is 6.37. The molecule has 1 aliphatic heterocycles. The summed E-state index contributed by atoms with van der Waals surface area (Å²) < 4.78 is 0. The molecule has 0 spiro atoms. The number of carbonyl (C=O) groups is 2. The van der Waals surface area contributed by atoms with Gasteiger partial charge in [-0.25, -0.2) is 9.97 Å². The van der Waals surface area contributed by atoms with Gasteiger partial charge in [0.15, 0.2) is 0 Å². The van der Waals surface area contributed by atoms with Crippen LogP contribution in [0.25, 0.3) is 0 Å². The van der Waals surface area contributed by atoms with E-state index in [0.29, 0.717) is 41.6 Å². The highest BCUT2D eigenvalue weighted by atomic mass is 35.5. The Kier molecular flexibility index (Phi) is 6.82. The van der Waals surface area contributed by atoms with E-state index in [2.05, 4.69) is 25.2 Å². The number of halogens is 2. The molecule has 8 nitrogen and oxygen atoms in total. The number of aromatic nitrogens is 3. The molecule has 0 aliphatic carbocycles.